The van der Waals surface area contributed by atoms with Gasteiger partial charge in [0, 0.05) is 13.1 Å². The van der Waals surface area contributed by atoms with E-state index in [1.54, 1.807) is 14.2 Å². The average molecular weight is 370 g/mol. The summed E-state index contributed by atoms with van der Waals surface area (Å²) in [5, 5.41) is 3.03. The maximum Gasteiger partial charge on any atom is 0.224 e. The van der Waals surface area contributed by atoms with Crippen molar-refractivity contribution in [1.82, 2.24) is 10.2 Å². The maximum atomic E-state index is 12.4. The first-order valence-electron chi connectivity index (χ1n) is 9.37. The maximum absolute atomic E-state index is 12.4. The minimum atomic E-state index is -0.0140. The second kappa shape index (κ2) is 10.6. The standard InChI is InChI=1S/C22H30N2O3/c1-5-24(6-2)16-19-10-8-7-9-18(19)15-23-22(25)14-17-11-12-20(26-3)21(13-17)27-4/h7-13H,5-6,14-16H2,1-4H3,(H,23,25). The summed E-state index contributed by atoms with van der Waals surface area (Å²) in [6.07, 6.45) is 0.304. The van der Waals surface area contributed by atoms with Gasteiger partial charge in [0.15, 0.2) is 11.5 Å². The van der Waals surface area contributed by atoms with Crippen molar-refractivity contribution in [2.45, 2.75) is 33.4 Å². The highest BCUT2D eigenvalue weighted by Crippen LogP contribution is 2.27. The summed E-state index contributed by atoms with van der Waals surface area (Å²) in [5.74, 6) is 1.28. The average Bonchev–Trinajstić information content (AvgIpc) is 2.71. The lowest BCUT2D eigenvalue weighted by Crippen LogP contribution is -2.27. The van der Waals surface area contributed by atoms with Crippen molar-refractivity contribution in [2.75, 3.05) is 27.3 Å². The van der Waals surface area contributed by atoms with Crippen LogP contribution in [0.4, 0.5) is 0 Å². The van der Waals surface area contributed by atoms with Gasteiger partial charge in [0.1, 0.15) is 0 Å². The number of ether oxygens (including phenoxy) is 2. The van der Waals surface area contributed by atoms with Crippen LogP contribution >= 0.6 is 0 Å². The van der Waals surface area contributed by atoms with E-state index in [1.807, 2.05) is 30.3 Å². The van der Waals surface area contributed by atoms with E-state index < -0.39 is 0 Å². The summed E-state index contributed by atoms with van der Waals surface area (Å²) in [4.78, 5) is 14.8. The Bertz CT molecular complexity index is 742. The molecule has 0 aliphatic rings. The minimum absolute atomic E-state index is 0.0140. The largest absolute Gasteiger partial charge is 0.493 e. The molecule has 5 heteroatoms. The molecule has 2 aromatic rings. The molecule has 0 atom stereocenters. The highest BCUT2D eigenvalue weighted by molar-refractivity contribution is 5.78. The first kappa shape index (κ1) is 20.8. The summed E-state index contributed by atoms with van der Waals surface area (Å²) in [6, 6.07) is 13.8. The Morgan fingerprint density at radius 2 is 1.63 bits per heavy atom. The summed E-state index contributed by atoms with van der Waals surface area (Å²) in [5.41, 5.74) is 3.30. The molecule has 0 aliphatic carbocycles. The van der Waals surface area contributed by atoms with Gasteiger partial charge in [-0.3, -0.25) is 9.69 Å². The lowest BCUT2D eigenvalue weighted by molar-refractivity contribution is -0.120. The molecule has 0 heterocycles. The summed E-state index contributed by atoms with van der Waals surface area (Å²) < 4.78 is 10.5. The van der Waals surface area contributed by atoms with Crippen LogP contribution in [0.15, 0.2) is 42.5 Å². The highest BCUT2D eigenvalue weighted by Gasteiger charge is 2.10. The predicted molar refractivity (Wildman–Crippen MR) is 108 cm³/mol. The second-order valence-electron chi connectivity index (χ2n) is 6.37. The van der Waals surface area contributed by atoms with Crippen molar-refractivity contribution in [3.8, 4) is 11.5 Å². The zero-order valence-corrected chi connectivity index (χ0v) is 16.7. The molecule has 27 heavy (non-hydrogen) atoms. The molecular weight excluding hydrogens is 340 g/mol. The van der Waals surface area contributed by atoms with Gasteiger partial charge < -0.3 is 14.8 Å². The second-order valence-corrected chi connectivity index (χ2v) is 6.37. The molecule has 146 valence electrons. The molecule has 1 amide bonds. The van der Waals surface area contributed by atoms with Gasteiger partial charge in [-0.15, -0.1) is 0 Å². The fourth-order valence-corrected chi connectivity index (χ4v) is 3.00. The number of amides is 1. The molecule has 0 aromatic heterocycles. The van der Waals surface area contributed by atoms with E-state index >= 15 is 0 Å². The van der Waals surface area contributed by atoms with Gasteiger partial charge in [-0.1, -0.05) is 44.2 Å². The van der Waals surface area contributed by atoms with Gasteiger partial charge in [-0.2, -0.15) is 0 Å². The summed E-state index contributed by atoms with van der Waals surface area (Å²) >= 11 is 0. The quantitative estimate of drug-likeness (QED) is 0.696. The molecule has 0 radical (unpaired) electrons. The molecule has 0 spiro atoms. The van der Waals surface area contributed by atoms with E-state index in [0.717, 1.165) is 30.8 Å². The number of carbonyl (C=O) groups excluding carboxylic acids is 1. The Morgan fingerprint density at radius 3 is 2.26 bits per heavy atom. The molecule has 0 saturated carbocycles. The molecule has 0 aliphatic heterocycles. The van der Waals surface area contributed by atoms with Crippen molar-refractivity contribution in [3.63, 3.8) is 0 Å². The number of nitrogens with one attached hydrogen (secondary N) is 1. The molecule has 5 nitrogen and oxygen atoms in total. The monoisotopic (exact) mass is 370 g/mol. The summed E-state index contributed by atoms with van der Waals surface area (Å²) in [6.45, 7) is 7.78. The Hall–Kier alpha value is -2.53. The van der Waals surface area contributed by atoms with E-state index in [1.165, 1.54) is 5.56 Å². The van der Waals surface area contributed by atoms with Crippen LogP contribution in [0.5, 0.6) is 11.5 Å². The van der Waals surface area contributed by atoms with Gasteiger partial charge in [-0.05, 0) is 41.9 Å². The first-order valence-corrected chi connectivity index (χ1v) is 9.37. The van der Waals surface area contributed by atoms with Gasteiger partial charge in [0.05, 0.1) is 20.6 Å². The van der Waals surface area contributed by atoms with E-state index in [0.29, 0.717) is 24.5 Å². The molecule has 0 unspecified atom stereocenters. The third kappa shape index (κ3) is 6.00. The minimum Gasteiger partial charge on any atom is -0.493 e. The van der Waals surface area contributed by atoms with Crippen LogP contribution in [0.1, 0.15) is 30.5 Å². The predicted octanol–water partition coefficient (Wildman–Crippen LogP) is 3.40. The topological polar surface area (TPSA) is 50.8 Å². The van der Waals surface area contributed by atoms with Crippen LogP contribution in [-0.2, 0) is 24.3 Å². The normalized spacial score (nSPS) is 10.7. The van der Waals surface area contributed by atoms with Gasteiger partial charge in [0.25, 0.3) is 0 Å². The lowest BCUT2D eigenvalue weighted by atomic mass is 10.1. The van der Waals surface area contributed by atoms with Gasteiger partial charge >= 0.3 is 0 Å². The van der Waals surface area contributed by atoms with Crippen LogP contribution in [0.3, 0.4) is 0 Å². The van der Waals surface area contributed by atoms with Crippen LogP contribution in [0, 0.1) is 0 Å². The van der Waals surface area contributed by atoms with Crippen molar-refractivity contribution >= 4 is 5.91 Å². The lowest BCUT2D eigenvalue weighted by Gasteiger charge is -2.20. The third-order valence-electron chi connectivity index (χ3n) is 4.70. The van der Waals surface area contributed by atoms with Crippen molar-refractivity contribution < 1.29 is 14.3 Å². The number of hydrogen-bond donors (Lipinski definition) is 1. The third-order valence-corrected chi connectivity index (χ3v) is 4.70. The number of benzene rings is 2. The molecule has 0 saturated heterocycles. The Labute approximate surface area is 162 Å². The molecule has 2 aromatic carbocycles. The SMILES string of the molecule is CCN(CC)Cc1ccccc1CNC(=O)Cc1ccc(OC)c(OC)c1. The van der Waals surface area contributed by atoms with Crippen LogP contribution in [0.25, 0.3) is 0 Å². The number of carbonyl (C=O) groups is 1. The smallest absolute Gasteiger partial charge is 0.224 e. The Balaban J connectivity index is 1.98. The van der Waals surface area contributed by atoms with Crippen LogP contribution in [-0.4, -0.2) is 38.1 Å². The van der Waals surface area contributed by atoms with E-state index in [-0.39, 0.29) is 5.91 Å². The van der Waals surface area contributed by atoms with Crippen molar-refractivity contribution in [3.05, 3.63) is 59.2 Å². The number of nitrogens with zero attached hydrogens (tertiary/aromatic N) is 1. The Kier molecular flexibility index (Phi) is 8.14. The molecule has 0 fully saturated rings. The van der Waals surface area contributed by atoms with E-state index in [2.05, 4.69) is 36.2 Å². The Morgan fingerprint density at radius 1 is 0.963 bits per heavy atom. The zero-order valence-electron chi connectivity index (χ0n) is 16.7. The number of hydrogen-bond acceptors (Lipinski definition) is 4. The zero-order chi connectivity index (χ0) is 19.6. The van der Waals surface area contributed by atoms with E-state index in [4.69, 9.17) is 9.47 Å². The van der Waals surface area contributed by atoms with Crippen molar-refractivity contribution in [1.29, 1.82) is 0 Å². The molecule has 1 N–H and O–H groups in total. The van der Waals surface area contributed by atoms with Gasteiger partial charge in [0.2, 0.25) is 5.91 Å². The number of methoxy groups -OCH3 is 2. The van der Waals surface area contributed by atoms with E-state index in [9.17, 15) is 4.79 Å². The number of rotatable bonds is 10. The van der Waals surface area contributed by atoms with Crippen LogP contribution in [0.2, 0.25) is 0 Å². The highest BCUT2D eigenvalue weighted by atomic mass is 16.5. The van der Waals surface area contributed by atoms with Gasteiger partial charge in [-0.25, -0.2) is 0 Å². The fraction of sp³-hybridized carbons (Fsp3) is 0.409. The summed E-state index contributed by atoms with van der Waals surface area (Å²) in [7, 11) is 3.19. The van der Waals surface area contributed by atoms with Crippen molar-refractivity contribution in [2.24, 2.45) is 0 Å². The molecule has 2 rings (SSSR count). The molecular formula is C22H30N2O3. The van der Waals surface area contributed by atoms with Crippen LogP contribution < -0.4 is 14.8 Å². The molecule has 0 bridgehead atoms. The first-order chi connectivity index (χ1) is 13.1. The fourth-order valence-electron chi connectivity index (χ4n) is 3.00.